The monoisotopic (exact) mass is 210 g/mol. The molecule has 0 saturated heterocycles. The fraction of sp³-hybridized carbons (Fsp3) is 0.143. The Morgan fingerprint density at radius 3 is 2.38 bits per heavy atom. The minimum Gasteiger partial charge on any atom is -0.306 e. The van der Waals surface area contributed by atoms with Gasteiger partial charge in [0.2, 0.25) is 0 Å². The number of nitrogens with two attached hydrogens (primary N) is 2. The first-order valence-electron chi connectivity index (χ1n) is 5.39. The third-order valence-corrected chi connectivity index (χ3v) is 3.28. The smallest absolute Gasteiger partial charge is 0.117 e. The maximum Gasteiger partial charge on any atom is 0.117 e. The summed E-state index contributed by atoms with van der Waals surface area (Å²) in [5, 5.41) is 0. The molecule has 2 nitrogen and oxygen atoms in total. The summed E-state index contributed by atoms with van der Waals surface area (Å²) < 4.78 is 0. The lowest BCUT2D eigenvalue weighted by atomic mass is 9.99. The molecular weight excluding hydrogens is 196 g/mol. The highest BCUT2D eigenvalue weighted by molar-refractivity contribution is 5.80. The normalized spacial score (nSPS) is 15.7. The molecule has 0 aromatic heterocycles. The molecule has 0 spiro atoms. The van der Waals surface area contributed by atoms with Crippen molar-refractivity contribution in [3.05, 3.63) is 59.2 Å². The molecule has 4 N–H and O–H groups in total. The molecule has 0 heterocycles. The van der Waals surface area contributed by atoms with Crippen molar-refractivity contribution < 1.29 is 0 Å². The zero-order valence-electron chi connectivity index (χ0n) is 9.20. The van der Waals surface area contributed by atoms with Gasteiger partial charge in [-0.25, -0.2) is 0 Å². The van der Waals surface area contributed by atoms with Crippen LogP contribution < -0.4 is 11.5 Å². The number of aryl methyl sites for hydroxylation is 1. The summed E-state index contributed by atoms with van der Waals surface area (Å²) in [6.45, 7) is 2.08. The highest BCUT2D eigenvalue weighted by Gasteiger charge is 2.36. The molecule has 0 radical (unpaired) electrons. The van der Waals surface area contributed by atoms with Crippen LogP contribution in [0.15, 0.2) is 42.5 Å². The van der Waals surface area contributed by atoms with Gasteiger partial charge in [0.1, 0.15) is 5.66 Å². The van der Waals surface area contributed by atoms with Crippen molar-refractivity contribution >= 4 is 0 Å². The SMILES string of the molecule is Cc1ccc2c(c1)-c1ccccc1C2(N)N. The van der Waals surface area contributed by atoms with Gasteiger partial charge in [-0.2, -0.15) is 0 Å². The van der Waals surface area contributed by atoms with Crippen molar-refractivity contribution in [3.63, 3.8) is 0 Å². The molecule has 2 aromatic rings. The van der Waals surface area contributed by atoms with Gasteiger partial charge in [0.15, 0.2) is 0 Å². The van der Waals surface area contributed by atoms with Gasteiger partial charge in [-0.1, -0.05) is 48.0 Å². The summed E-state index contributed by atoms with van der Waals surface area (Å²) in [4.78, 5) is 0. The van der Waals surface area contributed by atoms with E-state index in [1.807, 2.05) is 24.3 Å². The van der Waals surface area contributed by atoms with E-state index in [9.17, 15) is 0 Å². The maximum absolute atomic E-state index is 6.23. The first-order chi connectivity index (χ1) is 7.60. The molecule has 2 heteroatoms. The lowest BCUT2D eigenvalue weighted by Gasteiger charge is -2.21. The van der Waals surface area contributed by atoms with Gasteiger partial charge in [-0.3, -0.25) is 0 Å². The van der Waals surface area contributed by atoms with Gasteiger partial charge < -0.3 is 11.5 Å². The third kappa shape index (κ3) is 1.08. The van der Waals surface area contributed by atoms with E-state index in [1.165, 1.54) is 11.1 Å². The molecule has 0 aliphatic heterocycles. The van der Waals surface area contributed by atoms with E-state index >= 15 is 0 Å². The van der Waals surface area contributed by atoms with Crippen LogP contribution in [0, 0.1) is 6.92 Å². The summed E-state index contributed by atoms with van der Waals surface area (Å²) in [5.41, 5.74) is 17.2. The summed E-state index contributed by atoms with van der Waals surface area (Å²) in [6.07, 6.45) is 0. The van der Waals surface area contributed by atoms with Crippen molar-refractivity contribution in [2.75, 3.05) is 0 Å². The van der Waals surface area contributed by atoms with Crippen LogP contribution in [0.3, 0.4) is 0 Å². The molecule has 2 aromatic carbocycles. The summed E-state index contributed by atoms with van der Waals surface area (Å²) in [6, 6.07) is 14.3. The fourth-order valence-corrected chi connectivity index (χ4v) is 2.47. The number of rotatable bonds is 0. The van der Waals surface area contributed by atoms with Gasteiger partial charge >= 0.3 is 0 Å². The van der Waals surface area contributed by atoms with Crippen LogP contribution in [0.2, 0.25) is 0 Å². The van der Waals surface area contributed by atoms with Crippen LogP contribution in [0.4, 0.5) is 0 Å². The second kappa shape index (κ2) is 2.94. The van der Waals surface area contributed by atoms with E-state index in [2.05, 4.69) is 25.1 Å². The first kappa shape index (κ1) is 9.58. The van der Waals surface area contributed by atoms with Crippen molar-refractivity contribution in [1.29, 1.82) is 0 Å². The summed E-state index contributed by atoms with van der Waals surface area (Å²) >= 11 is 0. The van der Waals surface area contributed by atoms with E-state index in [0.717, 1.165) is 16.7 Å². The second-order valence-electron chi connectivity index (χ2n) is 4.46. The van der Waals surface area contributed by atoms with Gasteiger partial charge in [0.05, 0.1) is 0 Å². The van der Waals surface area contributed by atoms with Crippen LogP contribution in [0.25, 0.3) is 11.1 Å². The lowest BCUT2D eigenvalue weighted by molar-refractivity contribution is 0.584. The minimum absolute atomic E-state index is 0.848. The predicted octanol–water partition coefficient (Wildman–Crippen LogP) is 2.09. The zero-order valence-corrected chi connectivity index (χ0v) is 9.20. The van der Waals surface area contributed by atoms with Gasteiger partial charge in [0.25, 0.3) is 0 Å². The van der Waals surface area contributed by atoms with E-state index in [-0.39, 0.29) is 0 Å². The molecule has 3 rings (SSSR count). The summed E-state index contributed by atoms with van der Waals surface area (Å²) in [5.74, 6) is 0. The highest BCUT2D eigenvalue weighted by atomic mass is 15.0. The zero-order chi connectivity index (χ0) is 11.3. The number of fused-ring (bicyclic) bond motifs is 3. The Labute approximate surface area is 94.9 Å². The quantitative estimate of drug-likeness (QED) is 0.654. The Morgan fingerprint density at radius 1 is 0.875 bits per heavy atom. The topological polar surface area (TPSA) is 52.0 Å². The summed E-state index contributed by atoms with van der Waals surface area (Å²) in [7, 11) is 0. The van der Waals surface area contributed by atoms with Crippen LogP contribution in [-0.4, -0.2) is 0 Å². The number of benzene rings is 2. The Kier molecular flexibility index (Phi) is 1.76. The molecule has 80 valence electrons. The lowest BCUT2D eigenvalue weighted by Crippen LogP contribution is -2.45. The Morgan fingerprint density at radius 2 is 1.56 bits per heavy atom. The second-order valence-corrected chi connectivity index (χ2v) is 4.46. The Hall–Kier alpha value is -1.64. The predicted molar refractivity (Wildman–Crippen MR) is 65.8 cm³/mol. The molecule has 0 saturated carbocycles. The van der Waals surface area contributed by atoms with Crippen LogP contribution in [0.5, 0.6) is 0 Å². The average Bonchev–Trinajstić information content (AvgIpc) is 2.49. The van der Waals surface area contributed by atoms with Crippen molar-refractivity contribution in [2.24, 2.45) is 11.5 Å². The highest BCUT2D eigenvalue weighted by Crippen LogP contribution is 2.43. The average molecular weight is 210 g/mol. The molecule has 0 bridgehead atoms. The fourth-order valence-electron chi connectivity index (χ4n) is 2.47. The van der Waals surface area contributed by atoms with Crippen LogP contribution >= 0.6 is 0 Å². The molecule has 0 fully saturated rings. The molecule has 1 aliphatic carbocycles. The van der Waals surface area contributed by atoms with Gasteiger partial charge in [-0.15, -0.1) is 0 Å². The molecule has 16 heavy (non-hydrogen) atoms. The first-order valence-corrected chi connectivity index (χ1v) is 5.39. The van der Waals surface area contributed by atoms with E-state index < -0.39 is 5.66 Å². The number of hydrogen-bond acceptors (Lipinski definition) is 2. The molecule has 0 amide bonds. The van der Waals surface area contributed by atoms with E-state index in [1.54, 1.807) is 0 Å². The van der Waals surface area contributed by atoms with Crippen LogP contribution in [-0.2, 0) is 5.66 Å². The van der Waals surface area contributed by atoms with E-state index in [0.29, 0.717) is 0 Å². The Bertz CT molecular complexity index is 571. The Balaban J connectivity index is 2.40. The van der Waals surface area contributed by atoms with Crippen molar-refractivity contribution in [2.45, 2.75) is 12.6 Å². The van der Waals surface area contributed by atoms with Crippen molar-refractivity contribution in [1.82, 2.24) is 0 Å². The van der Waals surface area contributed by atoms with Crippen molar-refractivity contribution in [3.8, 4) is 11.1 Å². The molecule has 0 unspecified atom stereocenters. The molecular formula is C14H14N2. The largest absolute Gasteiger partial charge is 0.306 e. The maximum atomic E-state index is 6.23. The van der Waals surface area contributed by atoms with Gasteiger partial charge in [0, 0.05) is 0 Å². The standard InChI is InChI=1S/C14H14N2/c1-9-6-7-13-11(8-9)10-4-2-3-5-12(10)14(13,15)16/h2-8H,15-16H2,1H3. The van der Waals surface area contributed by atoms with E-state index in [4.69, 9.17) is 11.5 Å². The van der Waals surface area contributed by atoms with Gasteiger partial charge in [-0.05, 0) is 29.2 Å². The minimum atomic E-state index is -0.848. The molecule has 0 atom stereocenters. The molecule has 1 aliphatic rings. The number of hydrogen-bond donors (Lipinski definition) is 2. The third-order valence-electron chi connectivity index (χ3n) is 3.28. The van der Waals surface area contributed by atoms with Crippen LogP contribution in [0.1, 0.15) is 16.7 Å².